The Balaban J connectivity index is 1.99. The zero-order valence-electron chi connectivity index (χ0n) is 13.7. The zero-order chi connectivity index (χ0) is 18.7. The van der Waals surface area contributed by atoms with Gasteiger partial charge in [0.25, 0.3) is 0 Å². The van der Waals surface area contributed by atoms with E-state index in [1.54, 1.807) is 6.92 Å². The van der Waals surface area contributed by atoms with E-state index in [-0.39, 0.29) is 29.6 Å². The van der Waals surface area contributed by atoms with Gasteiger partial charge in [0.1, 0.15) is 17.6 Å². The summed E-state index contributed by atoms with van der Waals surface area (Å²) in [6.07, 6.45) is 1.54. The van der Waals surface area contributed by atoms with Gasteiger partial charge in [-0.3, -0.25) is 0 Å². The number of alkyl halides is 1. The van der Waals surface area contributed by atoms with Crippen molar-refractivity contribution in [2.75, 3.05) is 12.5 Å². The van der Waals surface area contributed by atoms with Crippen molar-refractivity contribution in [1.29, 1.82) is 0 Å². The fourth-order valence-electron chi connectivity index (χ4n) is 2.52. The maximum atomic E-state index is 13.1. The third-order valence-electron chi connectivity index (χ3n) is 3.68. The summed E-state index contributed by atoms with van der Waals surface area (Å²) in [6.45, 7) is 1.84. The molecule has 0 saturated heterocycles. The van der Waals surface area contributed by atoms with Crippen molar-refractivity contribution in [1.82, 2.24) is 25.6 Å². The lowest BCUT2D eigenvalue weighted by Crippen LogP contribution is -2.46. The molecule has 0 bridgehead atoms. The molecule has 1 aromatic carbocycles. The smallest absolute Gasteiger partial charge is 0.338 e. The van der Waals surface area contributed by atoms with Gasteiger partial charge in [-0.25, -0.2) is 18.7 Å². The number of urea groups is 1. The van der Waals surface area contributed by atoms with Crippen LogP contribution in [0.4, 0.5) is 9.18 Å². The summed E-state index contributed by atoms with van der Waals surface area (Å²) in [4.78, 5) is 24.2. The number of nitrogens with one attached hydrogen (secondary N) is 2. The molecule has 2 aromatic rings. The lowest BCUT2D eigenvalue weighted by atomic mass is 10.0. The summed E-state index contributed by atoms with van der Waals surface area (Å²) in [6, 6.07) is 4.25. The molecule has 26 heavy (non-hydrogen) atoms. The first-order valence-electron chi connectivity index (χ1n) is 7.75. The predicted molar refractivity (Wildman–Crippen MR) is 90.1 cm³/mol. The maximum Gasteiger partial charge on any atom is 0.338 e. The summed E-state index contributed by atoms with van der Waals surface area (Å²) in [5, 5.41) is 13.1. The Morgan fingerprint density at radius 2 is 2.12 bits per heavy atom. The number of aromatic nitrogens is 3. The lowest BCUT2D eigenvalue weighted by Gasteiger charge is -2.26. The Bertz CT molecular complexity index is 865. The molecule has 1 unspecified atom stereocenters. The van der Waals surface area contributed by atoms with Gasteiger partial charge >= 0.3 is 12.0 Å². The van der Waals surface area contributed by atoms with Crippen LogP contribution < -0.4 is 10.6 Å². The molecule has 1 aromatic heterocycles. The van der Waals surface area contributed by atoms with Crippen LogP contribution >= 0.6 is 11.6 Å². The van der Waals surface area contributed by atoms with Crippen molar-refractivity contribution >= 4 is 23.6 Å². The molecule has 1 atom stereocenters. The molecule has 2 amide bonds. The molecule has 0 saturated carbocycles. The van der Waals surface area contributed by atoms with Crippen LogP contribution in [0.3, 0.4) is 0 Å². The highest BCUT2D eigenvalue weighted by atomic mass is 35.5. The van der Waals surface area contributed by atoms with Gasteiger partial charge in [-0.2, -0.15) is 0 Å². The van der Waals surface area contributed by atoms with E-state index in [2.05, 4.69) is 20.9 Å². The van der Waals surface area contributed by atoms with E-state index in [1.807, 2.05) is 0 Å². The molecule has 10 heteroatoms. The Morgan fingerprint density at radius 1 is 1.38 bits per heavy atom. The van der Waals surface area contributed by atoms with Crippen molar-refractivity contribution in [3.8, 4) is 5.69 Å². The van der Waals surface area contributed by atoms with Gasteiger partial charge in [0, 0.05) is 5.70 Å². The standard InChI is InChI=1S/C16H15ClFN5O3/c1-2-26-15(24)13-11(7-17)19-16(25)20-14(13)12-8-23(22-21-12)10-5-3-9(18)4-6-10/h3-6,8,14H,2,7H2,1H3,(H2,19,20,25). The molecule has 0 radical (unpaired) electrons. The third kappa shape index (κ3) is 3.52. The number of ether oxygens (including phenoxy) is 1. The van der Waals surface area contributed by atoms with Crippen LogP contribution in [0.15, 0.2) is 41.7 Å². The van der Waals surface area contributed by atoms with Crippen molar-refractivity contribution in [3.63, 3.8) is 0 Å². The summed E-state index contributed by atoms with van der Waals surface area (Å²) in [5.41, 5.74) is 1.29. The van der Waals surface area contributed by atoms with Crippen LogP contribution in [-0.4, -0.2) is 39.5 Å². The Morgan fingerprint density at radius 3 is 2.77 bits per heavy atom. The van der Waals surface area contributed by atoms with Gasteiger partial charge in [0.15, 0.2) is 0 Å². The predicted octanol–water partition coefficient (Wildman–Crippen LogP) is 1.82. The summed E-state index contributed by atoms with van der Waals surface area (Å²) in [7, 11) is 0. The molecule has 0 spiro atoms. The van der Waals surface area contributed by atoms with Crippen LogP contribution in [0.5, 0.6) is 0 Å². The van der Waals surface area contributed by atoms with E-state index in [4.69, 9.17) is 16.3 Å². The first kappa shape index (κ1) is 17.9. The second-order valence-corrected chi connectivity index (χ2v) is 5.61. The number of hydrogen-bond acceptors (Lipinski definition) is 5. The van der Waals surface area contributed by atoms with Gasteiger partial charge in [-0.1, -0.05) is 5.21 Å². The highest BCUT2D eigenvalue weighted by molar-refractivity contribution is 6.20. The normalized spacial score (nSPS) is 16.9. The third-order valence-corrected chi connectivity index (χ3v) is 3.95. The number of halogens is 2. The number of allylic oxidation sites excluding steroid dienone is 1. The second kappa shape index (κ2) is 7.52. The molecule has 1 aliphatic heterocycles. The monoisotopic (exact) mass is 379 g/mol. The van der Waals surface area contributed by atoms with Crippen LogP contribution in [-0.2, 0) is 9.53 Å². The molecule has 2 heterocycles. The Kier molecular flexibility index (Phi) is 5.17. The average Bonchev–Trinajstić information content (AvgIpc) is 3.11. The van der Waals surface area contributed by atoms with Crippen molar-refractivity contribution < 1.29 is 18.7 Å². The summed E-state index contributed by atoms with van der Waals surface area (Å²) in [5.74, 6) is -1.07. The lowest BCUT2D eigenvalue weighted by molar-refractivity contribution is -0.139. The molecule has 0 fully saturated rings. The molecule has 3 rings (SSSR count). The average molecular weight is 380 g/mol. The number of hydrogen-bond donors (Lipinski definition) is 2. The molecule has 0 aliphatic carbocycles. The van der Waals surface area contributed by atoms with Crippen LogP contribution in [0.2, 0.25) is 0 Å². The molecular weight excluding hydrogens is 365 g/mol. The van der Waals surface area contributed by atoms with E-state index < -0.39 is 18.0 Å². The van der Waals surface area contributed by atoms with Crippen molar-refractivity contribution in [2.24, 2.45) is 0 Å². The number of amides is 2. The van der Waals surface area contributed by atoms with Crippen LogP contribution in [0, 0.1) is 5.82 Å². The number of carbonyl (C=O) groups is 2. The minimum absolute atomic E-state index is 0.0792. The number of nitrogens with zero attached hydrogens (tertiary/aromatic N) is 3. The summed E-state index contributed by atoms with van der Waals surface area (Å²) >= 11 is 5.87. The first-order chi connectivity index (χ1) is 12.5. The number of carbonyl (C=O) groups excluding carboxylic acids is 2. The molecule has 2 N–H and O–H groups in total. The molecule has 8 nitrogen and oxygen atoms in total. The minimum Gasteiger partial charge on any atom is -0.463 e. The zero-order valence-corrected chi connectivity index (χ0v) is 14.5. The van der Waals surface area contributed by atoms with E-state index in [0.717, 1.165) is 0 Å². The molecule has 136 valence electrons. The number of rotatable bonds is 5. The maximum absolute atomic E-state index is 13.1. The topological polar surface area (TPSA) is 98.1 Å². The number of esters is 1. The SMILES string of the molecule is CCOC(=O)C1=C(CCl)NC(=O)NC1c1cn(-c2ccc(F)cc2)nn1. The number of benzene rings is 1. The fourth-order valence-corrected chi connectivity index (χ4v) is 2.73. The van der Waals surface area contributed by atoms with Gasteiger partial charge in [-0.15, -0.1) is 16.7 Å². The molecule has 1 aliphatic rings. The highest BCUT2D eigenvalue weighted by Crippen LogP contribution is 2.27. The van der Waals surface area contributed by atoms with Crippen LogP contribution in [0.25, 0.3) is 5.69 Å². The van der Waals surface area contributed by atoms with Gasteiger partial charge in [0.2, 0.25) is 0 Å². The largest absolute Gasteiger partial charge is 0.463 e. The van der Waals surface area contributed by atoms with E-state index >= 15 is 0 Å². The van der Waals surface area contributed by atoms with E-state index in [9.17, 15) is 14.0 Å². The van der Waals surface area contributed by atoms with Crippen molar-refractivity contribution in [2.45, 2.75) is 13.0 Å². The Hall–Kier alpha value is -2.94. The Labute approximate surface area is 153 Å². The van der Waals surface area contributed by atoms with Gasteiger partial charge in [-0.05, 0) is 31.2 Å². The van der Waals surface area contributed by atoms with E-state index in [1.165, 1.54) is 35.1 Å². The van der Waals surface area contributed by atoms with Crippen molar-refractivity contribution in [3.05, 3.63) is 53.2 Å². The van der Waals surface area contributed by atoms with Crippen LogP contribution in [0.1, 0.15) is 18.7 Å². The van der Waals surface area contributed by atoms with Gasteiger partial charge < -0.3 is 15.4 Å². The fraction of sp³-hybridized carbons (Fsp3) is 0.250. The minimum atomic E-state index is -0.870. The van der Waals surface area contributed by atoms with E-state index in [0.29, 0.717) is 11.4 Å². The second-order valence-electron chi connectivity index (χ2n) is 5.34. The molecular formula is C16H15ClFN5O3. The summed E-state index contributed by atoms with van der Waals surface area (Å²) < 4.78 is 19.5. The first-order valence-corrected chi connectivity index (χ1v) is 8.28. The highest BCUT2D eigenvalue weighted by Gasteiger charge is 2.35. The quantitative estimate of drug-likeness (QED) is 0.610. The van der Waals surface area contributed by atoms with Gasteiger partial charge in [0.05, 0.1) is 29.9 Å².